The number of rotatable bonds is 5. The molecule has 1 heterocycles. The highest BCUT2D eigenvalue weighted by atomic mass is 19.1. The minimum Gasteiger partial charge on any atom is -0.345 e. The summed E-state index contributed by atoms with van der Waals surface area (Å²) in [4.78, 5) is 26.0. The average molecular weight is 355 g/mol. The Balaban J connectivity index is 1.72. The van der Waals surface area contributed by atoms with Crippen molar-refractivity contribution in [3.05, 3.63) is 82.2 Å². The summed E-state index contributed by atoms with van der Waals surface area (Å²) in [7, 11) is 0. The molecule has 0 fully saturated rings. The number of nitrogens with one attached hydrogen (secondary N) is 1. The Hall–Kier alpha value is -3.62. The third kappa shape index (κ3) is 3.56. The van der Waals surface area contributed by atoms with Crippen LogP contribution in [0.2, 0.25) is 0 Å². The number of aromatic nitrogens is 3. The normalized spacial score (nSPS) is 11.8. The molecule has 0 bridgehead atoms. The smallest absolute Gasteiger partial charge is 0.272 e. The molecule has 0 spiro atoms. The minimum atomic E-state index is -0.939. The highest BCUT2D eigenvalue weighted by Gasteiger charge is 2.18. The molecule has 1 unspecified atom stereocenters. The van der Waals surface area contributed by atoms with E-state index in [0.717, 1.165) is 29.4 Å². The molecular weight excluding hydrogens is 341 g/mol. The standard InChI is InChI=1S/C17H14FN5O3/c1-11(12-2-4-13(5-3-12)22-10-19-9-20-22)21-17(24)15-7-6-14(23(25)26)8-16(15)18/h2-11H,1H3,(H,21,24). The molecule has 1 aromatic heterocycles. The molecule has 1 atom stereocenters. The van der Waals surface area contributed by atoms with Gasteiger partial charge in [-0.05, 0) is 30.7 Å². The molecule has 1 amide bonds. The van der Waals surface area contributed by atoms with Crippen LogP contribution in [0.25, 0.3) is 5.69 Å². The fourth-order valence-electron chi connectivity index (χ4n) is 2.42. The Kier molecular flexibility index (Phi) is 4.70. The third-order valence-corrected chi connectivity index (χ3v) is 3.83. The largest absolute Gasteiger partial charge is 0.345 e. The second-order valence-corrected chi connectivity index (χ2v) is 5.55. The summed E-state index contributed by atoms with van der Waals surface area (Å²) in [5, 5.41) is 17.3. The van der Waals surface area contributed by atoms with Crippen molar-refractivity contribution in [2.24, 2.45) is 0 Å². The van der Waals surface area contributed by atoms with Crippen molar-refractivity contribution in [3.63, 3.8) is 0 Å². The quantitative estimate of drug-likeness (QED) is 0.560. The van der Waals surface area contributed by atoms with Crippen LogP contribution < -0.4 is 5.32 Å². The van der Waals surface area contributed by atoms with Gasteiger partial charge in [-0.2, -0.15) is 5.10 Å². The maximum Gasteiger partial charge on any atom is 0.272 e. The summed E-state index contributed by atoms with van der Waals surface area (Å²) < 4.78 is 15.5. The molecule has 132 valence electrons. The van der Waals surface area contributed by atoms with Gasteiger partial charge in [0, 0.05) is 6.07 Å². The average Bonchev–Trinajstić information content (AvgIpc) is 3.16. The van der Waals surface area contributed by atoms with Crippen molar-refractivity contribution >= 4 is 11.6 Å². The Morgan fingerprint density at radius 3 is 2.58 bits per heavy atom. The van der Waals surface area contributed by atoms with Crippen LogP contribution in [0.4, 0.5) is 10.1 Å². The Labute approximate surface area is 147 Å². The topological polar surface area (TPSA) is 103 Å². The van der Waals surface area contributed by atoms with Crippen LogP contribution >= 0.6 is 0 Å². The number of amides is 1. The molecule has 8 nitrogen and oxygen atoms in total. The Morgan fingerprint density at radius 1 is 1.27 bits per heavy atom. The lowest BCUT2D eigenvalue weighted by Gasteiger charge is -2.15. The molecule has 0 saturated heterocycles. The molecular formula is C17H14FN5O3. The number of non-ortho nitro benzene ring substituents is 1. The zero-order chi connectivity index (χ0) is 18.7. The number of hydrogen-bond donors (Lipinski definition) is 1. The molecule has 3 aromatic rings. The van der Waals surface area contributed by atoms with E-state index in [0.29, 0.717) is 0 Å². The van der Waals surface area contributed by atoms with Gasteiger partial charge in [0.2, 0.25) is 0 Å². The lowest BCUT2D eigenvalue weighted by Crippen LogP contribution is -2.27. The second kappa shape index (κ2) is 7.09. The SMILES string of the molecule is CC(NC(=O)c1ccc([N+](=O)[O-])cc1F)c1ccc(-n2cncn2)cc1. The van der Waals surface area contributed by atoms with Gasteiger partial charge < -0.3 is 5.32 Å². The third-order valence-electron chi connectivity index (χ3n) is 3.83. The molecule has 0 aliphatic carbocycles. The van der Waals surface area contributed by atoms with E-state index in [1.165, 1.54) is 6.33 Å². The van der Waals surface area contributed by atoms with Crippen LogP contribution in [0.3, 0.4) is 0 Å². The molecule has 2 aromatic carbocycles. The number of hydrogen-bond acceptors (Lipinski definition) is 5. The van der Waals surface area contributed by atoms with Gasteiger partial charge >= 0.3 is 0 Å². The zero-order valence-corrected chi connectivity index (χ0v) is 13.7. The van der Waals surface area contributed by atoms with Gasteiger partial charge in [-0.3, -0.25) is 14.9 Å². The van der Waals surface area contributed by atoms with Crippen LogP contribution in [0.1, 0.15) is 28.9 Å². The summed E-state index contributed by atoms with van der Waals surface area (Å²) in [5.74, 6) is -1.59. The number of nitro groups is 1. The number of nitro benzene ring substituents is 1. The van der Waals surface area contributed by atoms with Crippen molar-refractivity contribution in [2.75, 3.05) is 0 Å². The summed E-state index contributed by atoms with van der Waals surface area (Å²) in [6, 6.07) is 9.80. The van der Waals surface area contributed by atoms with Crippen LogP contribution in [0, 0.1) is 15.9 Å². The molecule has 0 saturated carbocycles. The lowest BCUT2D eigenvalue weighted by atomic mass is 10.1. The van der Waals surface area contributed by atoms with Crippen molar-refractivity contribution in [2.45, 2.75) is 13.0 Å². The van der Waals surface area contributed by atoms with Crippen LogP contribution in [-0.4, -0.2) is 25.6 Å². The summed E-state index contributed by atoms with van der Waals surface area (Å²) >= 11 is 0. The van der Waals surface area contributed by atoms with Gasteiger partial charge in [0.1, 0.15) is 18.5 Å². The van der Waals surface area contributed by atoms with Crippen LogP contribution in [-0.2, 0) is 0 Å². The van der Waals surface area contributed by atoms with E-state index >= 15 is 0 Å². The predicted molar refractivity (Wildman–Crippen MR) is 90.3 cm³/mol. The van der Waals surface area contributed by atoms with Crippen molar-refractivity contribution in [3.8, 4) is 5.69 Å². The number of carbonyl (C=O) groups excluding carboxylic acids is 1. The van der Waals surface area contributed by atoms with Crippen molar-refractivity contribution < 1.29 is 14.1 Å². The highest BCUT2D eigenvalue weighted by molar-refractivity contribution is 5.95. The predicted octanol–water partition coefficient (Wildman–Crippen LogP) is 2.81. The van der Waals surface area contributed by atoms with Crippen LogP contribution in [0.5, 0.6) is 0 Å². The van der Waals surface area contributed by atoms with E-state index in [1.54, 1.807) is 17.9 Å². The van der Waals surface area contributed by atoms with Gasteiger partial charge in [-0.1, -0.05) is 12.1 Å². The fraction of sp³-hybridized carbons (Fsp3) is 0.118. The first-order valence-electron chi connectivity index (χ1n) is 7.65. The van der Waals surface area contributed by atoms with E-state index in [4.69, 9.17) is 0 Å². The molecule has 9 heteroatoms. The van der Waals surface area contributed by atoms with Crippen molar-refractivity contribution in [1.29, 1.82) is 0 Å². The Bertz CT molecular complexity index is 942. The van der Waals surface area contributed by atoms with E-state index < -0.39 is 22.3 Å². The van der Waals surface area contributed by atoms with E-state index in [-0.39, 0.29) is 11.6 Å². The molecule has 0 aliphatic heterocycles. The number of nitrogens with zero attached hydrogens (tertiary/aromatic N) is 4. The zero-order valence-electron chi connectivity index (χ0n) is 13.7. The van der Waals surface area contributed by atoms with Crippen molar-refractivity contribution in [1.82, 2.24) is 20.1 Å². The number of carbonyl (C=O) groups is 1. The molecule has 3 rings (SSSR count). The fourth-order valence-corrected chi connectivity index (χ4v) is 2.42. The van der Waals surface area contributed by atoms with Gasteiger partial charge in [-0.15, -0.1) is 0 Å². The first kappa shape index (κ1) is 17.2. The number of halogens is 1. The summed E-state index contributed by atoms with van der Waals surface area (Å²) in [6.07, 6.45) is 2.99. The van der Waals surface area contributed by atoms with Gasteiger partial charge in [0.15, 0.2) is 0 Å². The maximum absolute atomic E-state index is 13.9. The summed E-state index contributed by atoms with van der Waals surface area (Å²) in [5.41, 5.74) is 0.966. The first-order chi connectivity index (χ1) is 12.5. The maximum atomic E-state index is 13.9. The molecule has 26 heavy (non-hydrogen) atoms. The lowest BCUT2D eigenvalue weighted by molar-refractivity contribution is -0.385. The number of benzene rings is 2. The monoisotopic (exact) mass is 355 g/mol. The van der Waals surface area contributed by atoms with E-state index in [1.807, 2.05) is 24.3 Å². The minimum absolute atomic E-state index is 0.248. The van der Waals surface area contributed by atoms with Crippen LogP contribution in [0.15, 0.2) is 55.1 Å². The van der Waals surface area contributed by atoms with Gasteiger partial charge in [-0.25, -0.2) is 14.1 Å². The van der Waals surface area contributed by atoms with Gasteiger partial charge in [0.05, 0.1) is 28.3 Å². The summed E-state index contributed by atoms with van der Waals surface area (Å²) in [6.45, 7) is 1.76. The molecule has 1 N–H and O–H groups in total. The van der Waals surface area contributed by atoms with Gasteiger partial charge in [0.25, 0.3) is 11.6 Å². The molecule has 0 radical (unpaired) electrons. The highest BCUT2D eigenvalue weighted by Crippen LogP contribution is 2.19. The van der Waals surface area contributed by atoms with E-state index in [2.05, 4.69) is 15.4 Å². The first-order valence-corrected chi connectivity index (χ1v) is 7.65. The van der Waals surface area contributed by atoms with E-state index in [9.17, 15) is 19.3 Å². The second-order valence-electron chi connectivity index (χ2n) is 5.55. The molecule has 0 aliphatic rings. The Morgan fingerprint density at radius 2 is 2.00 bits per heavy atom.